The van der Waals surface area contributed by atoms with Crippen LogP contribution in [0.2, 0.25) is 10.0 Å². The number of para-hydroxylation sites is 1. The van der Waals surface area contributed by atoms with Crippen molar-refractivity contribution in [1.29, 1.82) is 5.41 Å². The van der Waals surface area contributed by atoms with Crippen molar-refractivity contribution in [3.63, 3.8) is 0 Å². The van der Waals surface area contributed by atoms with Crippen LogP contribution in [-0.4, -0.2) is 172 Å². The Bertz CT molecular complexity index is 7720. The highest BCUT2D eigenvalue weighted by Gasteiger charge is 2.34. The van der Waals surface area contributed by atoms with E-state index in [0.717, 1.165) is 178 Å². The lowest BCUT2D eigenvalue weighted by Gasteiger charge is -2.36. The van der Waals surface area contributed by atoms with Gasteiger partial charge in [0, 0.05) is 132 Å². The zero-order valence-electron chi connectivity index (χ0n) is 76.8. The molecule has 19 rings (SSSR count). The number of thioether (sulfide) groups is 1. The zero-order valence-corrected chi connectivity index (χ0v) is 83.2. The van der Waals surface area contributed by atoms with Crippen LogP contribution in [0.1, 0.15) is 44.5 Å². The molecule has 0 spiro atoms. The number of rotatable bonds is 19. The Labute approximate surface area is 826 Å². The highest BCUT2D eigenvalue weighted by Crippen LogP contribution is 2.40. The van der Waals surface area contributed by atoms with Crippen LogP contribution >= 0.6 is 35.0 Å². The van der Waals surface area contributed by atoms with E-state index in [9.17, 15) is 64.0 Å². The summed E-state index contributed by atoms with van der Waals surface area (Å²) in [5.74, 6) is -1.18. The lowest BCUT2D eigenvalue weighted by Crippen LogP contribution is -2.46. The predicted octanol–water partition coefficient (Wildman–Crippen LogP) is 18.4. The standard InChI is InChI=1S/C27H28F4N2O2S.C26H24FN3O2S.C20H21N3O2S.C16H16Cl2N2O2S.C15H13N3O2S2/c1-32(2)25-15-20-8-10-33(3)11-9-21(20)16-26(25)36(34,35)24-6-4-18(5-7-24)12-19-13-22(27(29,30)31)17-23(28)14-19;27-22-11-9-20(10-12-22)19-29-13-15-30(16-14-29)25-8-4-5-21-17-24(18-28-26(21)25)33(31,32)23-6-2-1-3-7-23;21-15-5-7-16(8-6-15)26(24,25)20-10-9-19(23-13-11-22-12-14-23)17-3-1-2-4-18(17)20;17-14-2-1-3-15(16(14)18)23(21,22)20-13-5-4-11-6-8-19-9-7-12(11)10-13;1-21-15-13(22(19,20)11-7-3-2-4-8-11)14(16)18-10-6-5-9-12(18)17-15/h4-7,13-17H,8-12H2,1-3H3;1-12,17-18H,13-16,19H2;1-10,22H,11-14,21H2;1-5,10,19-20H,6-9H2;2-10,16H,1H3. The molecule has 0 bridgehead atoms. The van der Waals surface area contributed by atoms with Gasteiger partial charge in [0.2, 0.25) is 39.3 Å². The van der Waals surface area contributed by atoms with Gasteiger partial charge in [0.25, 0.3) is 10.0 Å². The van der Waals surface area contributed by atoms with Crippen LogP contribution in [0.25, 0.3) is 27.3 Å². The fourth-order valence-corrected chi connectivity index (χ4v) is 25.5. The summed E-state index contributed by atoms with van der Waals surface area (Å²) in [6.07, 6.45) is 3.67. The van der Waals surface area contributed by atoms with Crippen LogP contribution in [-0.2, 0) is 94.2 Å². The largest absolute Gasteiger partial charge is 0.416 e. The van der Waals surface area contributed by atoms with Gasteiger partial charge in [0.05, 0.1) is 66.8 Å². The lowest BCUT2D eigenvalue weighted by atomic mass is 10.0. The molecule has 4 aliphatic heterocycles. The van der Waals surface area contributed by atoms with Gasteiger partial charge in [0.1, 0.15) is 32.1 Å². The van der Waals surface area contributed by atoms with Crippen molar-refractivity contribution in [3.8, 4) is 0 Å². The summed E-state index contributed by atoms with van der Waals surface area (Å²) in [7, 11) is -13.0. The van der Waals surface area contributed by atoms with E-state index in [2.05, 4.69) is 44.9 Å². The van der Waals surface area contributed by atoms with Gasteiger partial charge in [-0.3, -0.25) is 24.4 Å². The minimum absolute atomic E-state index is 0.0247. The molecule has 4 aliphatic rings. The first-order valence-electron chi connectivity index (χ1n) is 44.9. The van der Waals surface area contributed by atoms with Gasteiger partial charge in [-0.2, -0.15) is 13.2 Å². The quantitative estimate of drug-likeness (QED) is 0.0217. The smallest absolute Gasteiger partial charge is 0.399 e. The maximum Gasteiger partial charge on any atom is 0.416 e. The van der Waals surface area contributed by atoms with Crippen molar-refractivity contribution in [2.75, 3.05) is 131 Å². The number of alkyl halides is 3. The number of hydrogen-bond acceptors (Lipinski definition) is 22. The van der Waals surface area contributed by atoms with Gasteiger partial charge >= 0.3 is 6.18 Å². The first-order chi connectivity index (χ1) is 66.9. The van der Waals surface area contributed by atoms with Crippen LogP contribution in [0.15, 0.2) is 341 Å². The Morgan fingerprint density at radius 2 is 1.07 bits per heavy atom. The molecule has 2 saturated heterocycles. The summed E-state index contributed by atoms with van der Waals surface area (Å²) in [5.41, 5.74) is 16.1. The molecule has 6 N–H and O–H groups in total. The molecule has 15 aromatic rings. The number of likely N-dealkylation sites (N-methyl/N-ethyl adjacent to an activating group) is 1. The highest BCUT2D eigenvalue weighted by atomic mass is 35.5. The van der Waals surface area contributed by atoms with Crippen molar-refractivity contribution in [2.24, 2.45) is 0 Å². The average molecular weight is 2050 g/mol. The SMILES string of the molecule is CN1CCc2cc(N(C)C)c(S(=O)(=O)c3ccc(Cc4cc(F)cc(C(F)(F)F)c4)cc3)cc2CC1.CSc1nc2ccccn2c(=N)c1S(=O)(=O)c1ccccc1.Nc1ccc(S(=O)(=O)c2ccc(N3CCNCC3)c3ccccc23)cc1.O=S(=O)(Nc1ccc2c(c1)CCNCC2)c1cccc(Cl)c1Cl.O=S(=O)(c1ccccc1)c1cnc2c(N3CCN(Cc4ccc(F)cc4)CC3)cccc2c1. The van der Waals surface area contributed by atoms with E-state index in [1.165, 1.54) is 70.4 Å². The minimum Gasteiger partial charge on any atom is -0.399 e. The zero-order chi connectivity index (χ0) is 99.4. The number of halogens is 7. The summed E-state index contributed by atoms with van der Waals surface area (Å²) in [5, 5.41) is 18.1. The number of nitrogens with one attached hydrogen (secondary N) is 4. The molecule has 2 fully saturated rings. The fraction of sp³-hybridized carbons (Fsp3) is 0.221. The third kappa shape index (κ3) is 24.0. The van der Waals surface area contributed by atoms with Crippen LogP contribution in [0.3, 0.4) is 0 Å². The molecule has 140 heavy (non-hydrogen) atoms. The van der Waals surface area contributed by atoms with Crippen molar-refractivity contribution >= 4 is 140 Å². The summed E-state index contributed by atoms with van der Waals surface area (Å²) in [6.45, 7) is 11.5. The topological polar surface area (TPSA) is 303 Å². The van der Waals surface area contributed by atoms with Crippen LogP contribution < -0.4 is 41.3 Å². The van der Waals surface area contributed by atoms with Crippen LogP contribution in [0.4, 0.5) is 50.4 Å². The number of fused-ring (bicyclic) bond motifs is 5. The van der Waals surface area contributed by atoms with Gasteiger partial charge in [-0.05, 0) is 261 Å². The maximum atomic E-state index is 13.8. The Morgan fingerprint density at radius 1 is 0.493 bits per heavy atom. The number of pyridine rings is 2. The van der Waals surface area contributed by atoms with E-state index in [-0.39, 0.29) is 72.5 Å². The normalized spacial score (nSPS) is 14.5. The van der Waals surface area contributed by atoms with Crippen molar-refractivity contribution in [1.82, 2.24) is 34.8 Å². The van der Waals surface area contributed by atoms with Crippen LogP contribution in [0, 0.1) is 17.0 Å². The molecule has 0 saturated carbocycles. The number of sulfone groups is 4. The molecule has 12 aromatic carbocycles. The van der Waals surface area contributed by atoms with Gasteiger partial charge in [-0.15, -0.1) is 11.8 Å². The van der Waals surface area contributed by atoms with E-state index in [1.54, 1.807) is 171 Å². The number of hydrogen-bond donors (Lipinski definition) is 5. The van der Waals surface area contributed by atoms with E-state index in [0.29, 0.717) is 44.3 Å². The second kappa shape index (κ2) is 44.3. The summed E-state index contributed by atoms with van der Waals surface area (Å²) >= 11 is 13.1. The number of aromatic nitrogens is 3. The maximum absolute atomic E-state index is 13.8. The number of nitrogens with two attached hydrogens (primary N) is 1. The number of anilines is 5. The number of nitrogen functional groups attached to an aromatic ring is 1. The summed E-state index contributed by atoms with van der Waals surface area (Å²) in [4.78, 5) is 21.4. The predicted molar refractivity (Wildman–Crippen MR) is 543 cm³/mol. The van der Waals surface area contributed by atoms with Crippen LogP contribution in [0.5, 0.6) is 0 Å². The Hall–Kier alpha value is -12.2. The Balaban J connectivity index is 0.000000134. The lowest BCUT2D eigenvalue weighted by molar-refractivity contribution is -0.137. The molecule has 0 atom stereocenters. The van der Waals surface area contributed by atoms with E-state index < -0.39 is 66.9 Å². The highest BCUT2D eigenvalue weighted by molar-refractivity contribution is 7.99. The number of piperazine rings is 2. The number of nitrogens with zero attached hydrogens (tertiary/aromatic N) is 8. The first kappa shape index (κ1) is 102. The van der Waals surface area contributed by atoms with E-state index >= 15 is 0 Å². The molecule has 36 heteroatoms. The van der Waals surface area contributed by atoms with Crippen molar-refractivity contribution in [2.45, 2.75) is 93.9 Å². The van der Waals surface area contributed by atoms with E-state index in [1.807, 2.05) is 85.9 Å². The average Bonchev–Trinajstić information content (AvgIpc) is 0.885. The second-order valence-corrected chi connectivity index (χ2v) is 45.0. The molecule has 0 amide bonds. The summed E-state index contributed by atoms with van der Waals surface area (Å²) < 4.78 is 201. The van der Waals surface area contributed by atoms with Gasteiger partial charge in [-0.25, -0.2) is 55.9 Å². The number of benzene rings is 12. The molecule has 23 nitrogen and oxygen atoms in total. The number of sulfonamides is 1. The van der Waals surface area contributed by atoms with Crippen molar-refractivity contribution < 1.29 is 64.0 Å². The fourth-order valence-electron chi connectivity index (χ4n) is 17.0. The molecular formula is C104H102Cl2F5N13O10S6. The first-order valence-corrected chi connectivity index (χ1v) is 54.3. The molecule has 0 radical (unpaired) electrons. The summed E-state index contributed by atoms with van der Waals surface area (Å²) in [6, 6.07) is 76.2. The molecule has 7 heterocycles. The molecule has 0 unspecified atom stereocenters. The van der Waals surface area contributed by atoms with Gasteiger partial charge in [0.15, 0.2) is 5.49 Å². The van der Waals surface area contributed by atoms with E-state index in [4.69, 9.17) is 34.3 Å². The minimum atomic E-state index is -4.65. The molecular weight excluding hydrogens is 1950 g/mol. The second-order valence-electron chi connectivity index (χ2n) is 34.1. The third-order valence-corrected chi connectivity index (χ3v) is 34.7. The molecule has 0 aliphatic carbocycles. The molecule has 728 valence electrons. The van der Waals surface area contributed by atoms with Gasteiger partial charge < -0.3 is 36.0 Å². The Morgan fingerprint density at radius 3 is 1.73 bits per heavy atom. The monoisotopic (exact) mass is 2050 g/mol. The van der Waals surface area contributed by atoms with Gasteiger partial charge in [-0.1, -0.05) is 138 Å². The van der Waals surface area contributed by atoms with Crippen molar-refractivity contribution in [3.05, 3.63) is 363 Å². The molecule has 3 aromatic heterocycles. The Kier molecular flexibility index (Phi) is 32.4. The third-order valence-electron chi connectivity index (χ3n) is 24.4.